The zero-order valence-electron chi connectivity index (χ0n) is 11.0. The molecule has 4 nitrogen and oxygen atoms in total. The molecule has 0 saturated carbocycles. The van der Waals surface area contributed by atoms with E-state index < -0.39 is 0 Å². The Hall–Kier alpha value is -1.49. The molecular weight excluding hydrogens is 244 g/mol. The summed E-state index contributed by atoms with van der Waals surface area (Å²) < 4.78 is 0. The maximum atomic E-state index is 4.60. The first-order valence-electron chi connectivity index (χ1n) is 6.12. The number of anilines is 1. The van der Waals surface area contributed by atoms with Gasteiger partial charge in [0.25, 0.3) is 0 Å². The second-order valence-corrected chi connectivity index (χ2v) is 5.44. The molecule has 0 amide bonds. The molecule has 0 spiro atoms. The first-order chi connectivity index (χ1) is 8.65. The van der Waals surface area contributed by atoms with Crippen LogP contribution < -0.4 is 5.32 Å². The van der Waals surface area contributed by atoms with Crippen molar-refractivity contribution in [3.63, 3.8) is 0 Å². The van der Waals surface area contributed by atoms with Crippen LogP contribution in [0, 0.1) is 6.92 Å². The lowest BCUT2D eigenvalue weighted by atomic mass is 10.2. The molecule has 2 aromatic rings. The third-order valence-electron chi connectivity index (χ3n) is 2.51. The summed E-state index contributed by atoms with van der Waals surface area (Å²) in [5.74, 6) is 1.34. The first-order valence-corrected chi connectivity index (χ1v) is 7.00. The number of hydrogen-bond donors (Lipinski definition) is 1. The summed E-state index contributed by atoms with van der Waals surface area (Å²) in [5, 5.41) is 6.61. The van der Waals surface area contributed by atoms with Gasteiger partial charge in [-0.3, -0.25) is 4.98 Å². The van der Waals surface area contributed by atoms with E-state index in [4.69, 9.17) is 0 Å². The monoisotopic (exact) mass is 262 g/mol. The van der Waals surface area contributed by atoms with Gasteiger partial charge in [-0.05, 0) is 6.92 Å². The van der Waals surface area contributed by atoms with E-state index in [1.54, 1.807) is 23.7 Å². The third kappa shape index (κ3) is 3.50. The molecule has 0 aliphatic carbocycles. The molecular formula is C13H18N4S. The van der Waals surface area contributed by atoms with Crippen LogP contribution >= 0.6 is 11.3 Å². The minimum absolute atomic E-state index is 0.513. The highest BCUT2D eigenvalue weighted by atomic mass is 32.1. The second-order valence-electron chi connectivity index (χ2n) is 4.55. The number of nitrogens with one attached hydrogen (secondary N) is 1. The Balaban J connectivity index is 1.84. The van der Waals surface area contributed by atoms with Crippen molar-refractivity contribution in [3.8, 4) is 0 Å². The van der Waals surface area contributed by atoms with Gasteiger partial charge in [0.1, 0.15) is 5.82 Å². The average molecular weight is 262 g/mol. The summed E-state index contributed by atoms with van der Waals surface area (Å²) in [6, 6.07) is 0. The quantitative estimate of drug-likeness (QED) is 0.900. The Morgan fingerprint density at radius 1 is 1.28 bits per heavy atom. The lowest BCUT2D eigenvalue weighted by Gasteiger charge is -2.04. The fourth-order valence-corrected chi connectivity index (χ4v) is 2.44. The zero-order chi connectivity index (χ0) is 13.0. The summed E-state index contributed by atoms with van der Waals surface area (Å²) in [7, 11) is 0. The molecule has 5 heteroatoms. The Labute approximate surface area is 112 Å². The van der Waals surface area contributed by atoms with Crippen LogP contribution in [0.3, 0.4) is 0 Å². The Bertz CT molecular complexity index is 507. The number of rotatable bonds is 5. The van der Waals surface area contributed by atoms with E-state index in [9.17, 15) is 0 Å². The molecule has 0 aliphatic rings. The molecule has 0 saturated heterocycles. The van der Waals surface area contributed by atoms with Crippen LogP contribution in [-0.4, -0.2) is 21.5 Å². The number of hydrogen-bond acceptors (Lipinski definition) is 5. The number of aromatic nitrogens is 3. The lowest BCUT2D eigenvalue weighted by Crippen LogP contribution is -2.07. The van der Waals surface area contributed by atoms with Crippen LogP contribution in [0.4, 0.5) is 5.82 Å². The van der Waals surface area contributed by atoms with Gasteiger partial charge in [0.2, 0.25) is 0 Å². The fraction of sp³-hybridized carbons (Fsp3) is 0.462. The minimum Gasteiger partial charge on any atom is -0.368 e. The molecule has 0 atom stereocenters. The van der Waals surface area contributed by atoms with Crippen molar-refractivity contribution in [2.75, 3.05) is 11.9 Å². The molecule has 1 N–H and O–H groups in total. The van der Waals surface area contributed by atoms with Crippen molar-refractivity contribution in [2.24, 2.45) is 0 Å². The standard InChI is InChI=1S/C13H18N4S/c1-9(2)13-17-11(8-18-13)4-5-15-12-7-14-6-10(3)16-12/h6-9H,4-5H2,1-3H3,(H,15,16). The molecule has 96 valence electrons. The van der Waals surface area contributed by atoms with Crippen LogP contribution in [0.2, 0.25) is 0 Å². The molecule has 0 aromatic carbocycles. The zero-order valence-corrected chi connectivity index (χ0v) is 11.8. The minimum atomic E-state index is 0.513. The Morgan fingerprint density at radius 2 is 2.11 bits per heavy atom. The van der Waals surface area contributed by atoms with Crippen molar-refractivity contribution < 1.29 is 0 Å². The highest BCUT2D eigenvalue weighted by Crippen LogP contribution is 2.19. The highest BCUT2D eigenvalue weighted by Gasteiger charge is 2.05. The van der Waals surface area contributed by atoms with Crippen LogP contribution in [0.1, 0.15) is 36.2 Å². The van der Waals surface area contributed by atoms with E-state index in [0.29, 0.717) is 5.92 Å². The van der Waals surface area contributed by atoms with Crippen molar-refractivity contribution in [3.05, 3.63) is 34.2 Å². The van der Waals surface area contributed by atoms with E-state index in [-0.39, 0.29) is 0 Å². The normalized spacial score (nSPS) is 10.9. The van der Waals surface area contributed by atoms with Crippen molar-refractivity contribution in [1.82, 2.24) is 15.0 Å². The van der Waals surface area contributed by atoms with Gasteiger partial charge in [0, 0.05) is 30.5 Å². The molecule has 2 rings (SSSR count). The SMILES string of the molecule is Cc1cncc(NCCc2csc(C(C)C)n2)n1. The van der Waals surface area contributed by atoms with Gasteiger partial charge < -0.3 is 5.32 Å². The van der Waals surface area contributed by atoms with Gasteiger partial charge in [0.15, 0.2) is 0 Å². The van der Waals surface area contributed by atoms with Gasteiger partial charge in [-0.2, -0.15) is 0 Å². The maximum Gasteiger partial charge on any atom is 0.144 e. The second kappa shape index (κ2) is 5.91. The summed E-state index contributed by atoms with van der Waals surface area (Å²) >= 11 is 1.74. The summed E-state index contributed by atoms with van der Waals surface area (Å²) in [5.41, 5.74) is 2.08. The molecule has 0 bridgehead atoms. The van der Waals surface area contributed by atoms with E-state index in [2.05, 4.69) is 39.5 Å². The smallest absolute Gasteiger partial charge is 0.144 e. The van der Waals surface area contributed by atoms with Gasteiger partial charge in [-0.25, -0.2) is 9.97 Å². The molecule has 0 unspecified atom stereocenters. The predicted octanol–water partition coefficient (Wildman–Crippen LogP) is 3.02. The van der Waals surface area contributed by atoms with Gasteiger partial charge in [-0.1, -0.05) is 13.8 Å². The molecule has 18 heavy (non-hydrogen) atoms. The molecule has 0 fully saturated rings. The Morgan fingerprint density at radius 3 is 2.78 bits per heavy atom. The number of thiazole rings is 1. The first kappa shape index (κ1) is 13.0. The van der Waals surface area contributed by atoms with Gasteiger partial charge in [-0.15, -0.1) is 11.3 Å². The summed E-state index contributed by atoms with van der Waals surface area (Å²) in [6.07, 6.45) is 4.41. The molecule has 2 aromatic heterocycles. The summed E-state index contributed by atoms with van der Waals surface area (Å²) in [4.78, 5) is 13.0. The predicted molar refractivity (Wildman–Crippen MR) is 75.2 cm³/mol. The topological polar surface area (TPSA) is 50.7 Å². The van der Waals surface area contributed by atoms with Crippen LogP contribution in [0.5, 0.6) is 0 Å². The van der Waals surface area contributed by atoms with Crippen LogP contribution in [-0.2, 0) is 6.42 Å². The van der Waals surface area contributed by atoms with E-state index in [1.165, 1.54) is 5.01 Å². The van der Waals surface area contributed by atoms with Crippen LogP contribution in [0.25, 0.3) is 0 Å². The molecule has 2 heterocycles. The highest BCUT2D eigenvalue weighted by molar-refractivity contribution is 7.09. The maximum absolute atomic E-state index is 4.60. The van der Waals surface area contributed by atoms with Gasteiger partial charge >= 0.3 is 0 Å². The van der Waals surface area contributed by atoms with Crippen molar-refractivity contribution in [1.29, 1.82) is 0 Å². The van der Waals surface area contributed by atoms with Crippen LogP contribution in [0.15, 0.2) is 17.8 Å². The largest absolute Gasteiger partial charge is 0.368 e. The Kier molecular flexibility index (Phi) is 4.25. The summed E-state index contributed by atoms with van der Waals surface area (Å²) in [6.45, 7) is 7.11. The van der Waals surface area contributed by atoms with Crippen molar-refractivity contribution in [2.45, 2.75) is 33.1 Å². The van der Waals surface area contributed by atoms with E-state index >= 15 is 0 Å². The third-order valence-corrected chi connectivity index (χ3v) is 3.70. The average Bonchev–Trinajstić information content (AvgIpc) is 2.78. The molecule has 0 radical (unpaired) electrons. The fourth-order valence-electron chi connectivity index (χ4n) is 1.57. The van der Waals surface area contributed by atoms with Gasteiger partial charge in [0.05, 0.1) is 22.6 Å². The van der Waals surface area contributed by atoms with E-state index in [1.807, 2.05) is 6.92 Å². The molecule has 0 aliphatic heterocycles. The lowest BCUT2D eigenvalue weighted by molar-refractivity contribution is 0.835. The van der Waals surface area contributed by atoms with Crippen molar-refractivity contribution >= 4 is 17.2 Å². The van der Waals surface area contributed by atoms with E-state index in [0.717, 1.165) is 30.2 Å². The number of nitrogens with zero attached hydrogens (tertiary/aromatic N) is 3. The number of aryl methyl sites for hydroxylation is 1.